The summed E-state index contributed by atoms with van der Waals surface area (Å²) in [6.45, 7) is -0.593. The second-order valence-electron chi connectivity index (χ2n) is 7.23. The molecule has 1 heterocycles. The average molecular weight is 431 g/mol. The van der Waals surface area contributed by atoms with Crippen molar-refractivity contribution in [3.63, 3.8) is 0 Å². The van der Waals surface area contributed by atoms with E-state index in [4.69, 9.17) is 16.3 Å². The van der Waals surface area contributed by atoms with E-state index in [1.807, 2.05) is 0 Å². The average Bonchev–Trinajstić information content (AvgIpc) is 2.63. The van der Waals surface area contributed by atoms with E-state index in [9.17, 15) is 27.4 Å². The Morgan fingerprint density at radius 1 is 1.11 bits per heavy atom. The summed E-state index contributed by atoms with van der Waals surface area (Å²) in [7, 11) is -4.44. The van der Waals surface area contributed by atoms with E-state index in [1.54, 1.807) is 0 Å². The van der Waals surface area contributed by atoms with Gasteiger partial charge in [0, 0.05) is 11.4 Å². The number of rotatable bonds is 2. The summed E-state index contributed by atoms with van der Waals surface area (Å²) in [5, 5.41) is 21.7. The number of fused-ring (bicyclic) bond motifs is 3. The zero-order valence-electron chi connectivity index (χ0n) is 14.5. The van der Waals surface area contributed by atoms with Gasteiger partial charge in [-0.15, -0.1) is 0 Å². The van der Waals surface area contributed by atoms with E-state index >= 15 is 0 Å². The number of sulfone groups is 1. The predicted octanol–water partition coefficient (Wildman–Crippen LogP) is 2.96. The van der Waals surface area contributed by atoms with Gasteiger partial charge in [0.25, 0.3) is 0 Å². The zero-order valence-corrected chi connectivity index (χ0v) is 16.1. The van der Waals surface area contributed by atoms with Crippen LogP contribution in [0.25, 0.3) is 0 Å². The Kier molecular flexibility index (Phi) is 4.46. The van der Waals surface area contributed by atoms with Gasteiger partial charge in [0.05, 0.1) is 16.6 Å². The number of hydrogen-bond donors (Lipinski definition) is 2. The smallest absolute Gasteiger partial charge is 0.191 e. The number of ether oxygens (including phenoxy) is 1. The minimum Gasteiger partial charge on any atom is -0.487 e. The van der Waals surface area contributed by atoms with Gasteiger partial charge in [-0.2, -0.15) is 0 Å². The number of hydrogen-bond acceptors (Lipinski definition) is 5. The van der Waals surface area contributed by atoms with Gasteiger partial charge in [-0.25, -0.2) is 17.2 Å². The maximum absolute atomic E-state index is 14.9. The molecule has 0 spiro atoms. The molecule has 2 aliphatic rings. The first-order valence-electron chi connectivity index (χ1n) is 8.64. The summed E-state index contributed by atoms with van der Waals surface area (Å²) in [6, 6.07) is 6.90. The van der Waals surface area contributed by atoms with Gasteiger partial charge in [0.1, 0.15) is 22.8 Å². The van der Waals surface area contributed by atoms with Crippen LogP contribution < -0.4 is 4.74 Å². The summed E-state index contributed by atoms with van der Waals surface area (Å²) in [5.41, 5.74) is -2.69. The predicted molar refractivity (Wildman–Crippen MR) is 97.0 cm³/mol. The lowest BCUT2D eigenvalue weighted by Crippen LogP contribution is -2.65. The Labute approximate surface area is 165 Å². The fourth-order valence-corrected chi connectivity index (χ4v) is 6.88. The highest BCUT2D eigenvalue weighted by atomic mass is 35.5. The molecular weight excluding hydrogens is 414 g/mol. The minimum atomic E-state index is -4.44. The highest BCUT2D eigenvalue weighted by Crippen LogP contribution is 2.58. The van der Waals surface area contributed by atoms with Gasteiger partial charge in [-0.3, -0.25) is 0 Å². The molecule has 1 aliphatic carbocycles. The van der Waals surface area contributed by atoms with Crippen LogP contribution in [-0.4, -0.2) is 36.9 Å². The molecular formula is C19H17ClF2O5S. The Hall–Kier alpha value is -1.74. The number of halogens is 3. The lowest BCUT2D eigenvalue weighted by Gasteiger charge is -2.53. The van der Waals surface area contributed by atoms with Crippen molar-refractivity contribution in [2.45, 2.75) is 40.6 Å². The highest BCUT2D eigenvalue weighted by Gasteiger charge is 2.67. The van der Waals surface area contributed by atoms with Crippen molar-refractivity contribution in [3.05, 3.63) is 58.6 Å². The number of aliphatic hydroxyl groups is 2. The third-order valence-corrected chi connectivity index (χ3v) is 8.51. The Morgan fingerprint density at radius 3 is 2.43 bits per heavy atom. The van der Waals surface area contributed by atoms with Crippen molar-refractivity contribution in [1.82, 2.24) is 0 Å². The molecule has 0 unspecified atom stereocenters. The molecule has 2 N–H and O–H groups in total. The van der Waals surface area contributed by atoms with Gasteiger partial charge >= 0.3 is 0 Å². The van der Waals surface area contributed by atoms with E-state index in [1.165, 1.54) is 24.3 Å². The van der Waals surface area contributed by atoms with Gasteiger partial charge < -0.3 is 14.9 Å². The van der Waals surface area contributed by atoms with Crippen LogP contribution in [0.2, 0.25) is 5.02 Å². The van der Waals surface area contributed by atoms with E-state index in [2.05, 4.69) is 0 Å². The van der Waals surface area contributed by atoms with Crippen LogP contribution in [0.15, 0.2) is 41.3 Å². The fourth-order valence-electron chi connectivity index (χ4n) is 4.37. The van der Waals surface area contributed by atoms with Crippen molar-refractivity contribution in [2.75, 3.05) is 6.61 Å². The molecule has 1 saturated carbocycles. The Morgan fingerprint density at radius 2 is 1.75 bits per heavy atom. The maximum Gasteiger partial charge on any atom is 0.191 e. The largest absolute Gasteiger partial charge is 0.487 e. The summed E-state index contributed by atoms with van der Waals surface area (Å²) in [4.78, 5) is -0.191. The second kappa shape index (κ2) is 6.38. The van der Waals surface area contributed by atoms with Gasteiger partial charge in [0.15, 0.2) is 21.4 Å². The summed E-state index contributed by atoms with van der Waals surface area (Å²) >= 11 is 5.85. The molecule has 4 rings (SSSR count). The lowest BCUT2D eigenvalue weighted by molar-refractivity contribution is -0.113. The van der Waals surface area contributed by atoms with Crippen molar-refractivity contribution in [3.8, 4) is 5.75 Å². The van der Waals surface area contributed by atoms with Crippen LogP contribution in [0, 0.1) is 11.6 Å². The monoisotopic (exact) mass is 430 g/mol. The number of aliphatic hydroxyl groups excluding tert-OH is 1. The molecule has 28 heavy (non-hydrogen) atoms. The van der Waals surface area contributed by atoms with Crippen LogP contribution in [0.3, 0.4) is 0 Å². The number of benzene rings is 2. The van der Waals surface area contributed by atoms with Crippen molar-refractivity contribution in [1.29, 1.82) is 0 Å². The molecule has 1 aliphatic heterocycles. The molecule has 2 aromatic carbocycles. The molecule has 0 radical (unpaired) electrons. The third kappa shape index (κ3) is 2.51. The highest BCUT2D eigenvalue weighted by molar-refractivity contribution is 7.92. The van der Waals surface area contributed by atoms with Crippen LogP contribution in [0.1, 0.15) is 24.8 Å². The first-order chi connectivity index (χ1) is 13.1. The molecule has 0 saturated heterocycles. The van der Waals surface area contributed by atoms with Crippen LogP contribution in [0.5, 0.6) is 5.75 Å². The molecule has 2 aromatic rings. The van der Waals surface area contributed by atoms with Crippen LogP contribution in [-0.2, 0) is 14.6 Å². The topological polar surface area (TPSA) is 83.8 Å². The Balaban J connectivity index is 2.07. The molecule has 150 valence electrons. The quantitative estimate of drug-likeness (QED) is 0.765. The van der Waals surface area contributed by atoms with Gasteiger partial charge in [-0.1, -0.05) is 11.6 Å². The maximum atomic E-state index is 14.9. The summed E-state index contributed by atoms with van der Waals surface area (Å²) < 4.78 is 59.9. The third-order valence-electron chi connectivity index (χ3n) is 5.66. The van der Waals surface area contributed by atoms with Crippen LogP contribution >= 0.6 is 11.6 Å². The van der Waals surface area contributed by atoms with E-state index < -0.39 is 55.8 Å². The molecule has 3 atom stereocenters. The zero-order chi connectivity index (χ0) is 20.3. The molecule has 0 aromatic heterocycles. The molecule has 1 fully saturated rings. The first-order valence-corrected chi connectivity index (χ1v) is 10.5. The Bertz CT molecular complexity index is 1040. The van der Waals surface area contributed by atoms with E-state index in [-0.39, 0.29) is 24.2 Å². The summed E-state index contributed by atoms with van der Waals surface area (Å²) in [6.07, 6.45) is -1.66. The molecule has 5 nitrogen and oxygen atoms in total. The summed E-state index contributed by atoms with van der Waals surface area (Å²) in [5.74, 6) is -2.45. The second-order valence-corrected chi connectivity index (χ2v) is 9.85. The van der Waals surface area contributed by atoms with Crippen molar-refractivity contribution >= 4 is 21.4 Å². The minimum absolute atomic E-state index is 0.00940. The van der Waals surface area contributed by atoms with Gasteiger partial charge in [0.2, 0.25) is 0 Å². The van der Waals surface area contributed by atoms with Gasteiger partial charge in [-0.05, 0) is 49.2 Å². The molecule has 0 bridgehead atoms. The normalized spacial score (nSPS) is 29.5. The van der Waals surface area contributed by atoms with Crippen molar-refractivity contribution in [2.24, 2.45) is 0 Å². The van der Waals surface area contributed by atoms with Crippen LogP contribution in [0.4, 0.5) is 8.78 Å². The molecule has 0 amide bonds. The van der Waals surface area contributed by atoms with E-state index in [0.29, 0.717) is 5.02 Å². The first kappa shape index (κ1) is 19.6. The fraction of sp³-hybridized carbons (Fsp3) is 0.368. The lowest BCUT2D eigenvalue weighted by atomic mass is 9.68. The SMILES string of the molecule is O=S(=O)(c1ccc(Cl)cc1)[C@@]12CC[C@@H](O)C[C@]1(O)COc1c(F)ccc(F)c12. The van der Waals surface area contributed by atoms with Crippen molar-refractivity contribution < 1.29 is 32.1 Å². The molecule has 9 heteroatoms. The van der Waals surface area contributed by atoms with E-state index in [0.717, 1.165) is 12.1 Å². The standard InChI is InChI=1S/C19H17ClF2O5S/c20-11-1-3-13(4-2-11)28(25,26)19-8-7-12(23)9-18(19,24)10-27-17-15(22)6-5-14(21)16(17)19/h1-6,12,23-24H,7-10H2/t12-,18+,19-/m1/s1.